The highest BCUT2D eigenvalue weighted by molar-refractivity contribution is 7.70. The summed E-state index contributed by atoms with van der Waals surface area (Å²) in [5.74, 6) is -2.33. The second kappa shape index (κ2) is 26.1. The van der Waals surface area contributed by atoms with Gasteiger partial charge >= 0.3 is 19.8 Å². The van der Waals surface area contributed by atoms with Gasteiger partial charge in [-0.05, 0) is 12.8 Å². The van der Waals surface area contributed by atoms with Gasteiger partial charge in [0.2, 0.25) is 5.91 Å². The topological polar surface area (TPSA) is 428 Å². The number of ether oxygens (including phenoxy) is 4. The fraction of sp³-hybridized carbons (Fsp3) is 0.818. The number of carbonyl (C=O) groups is 4. The molecule has 0 aromatic carbocycles. The van der Waals surface area contributed by atoms with Crippen molar-refractivity contribution < 1.29 is 90.4 Å². The van der Waals surface area contributed by atoms with Gasteiger partial charge in [-0.1, -0.05) is 13.8 Å². The van der Waals surface area contributed by atoms with Gasteiger partial charge in [0.25, 0.3) is 0 Å². The molecule has 16 N–H and O–H groups in total. The third kappa shape index (κ3) is 22.8. The van der Waals surface area contributed by atoms with E-state index in [1.807, 2.05) is 0 Å². The van der Waals surface area contributed by atoms with E-state index in [1.54, 1.807) is 6.92 Å². The van der Waals surface area contributed by atoms with Gasteiger partial charge in [-0.2, -0.15) is 0 Å². The molecular formula is C22H51N4O19P3. The van der Waals surface area contributed by atoms with Crippen LogP contribution >= 0.6 is 23.0 Å². The molecule has 0 rings (SSSR count). The SMILES string of the molecule is CCC(=O)OCC(COP(=O)([O-])[OH+]CCCC(=O)COCCOCC(=O)NCCCC(O)(P(=O)([O-])O)P(=O)([O-])O)OC(=O)CC.N.[NH4+].[NH4+]. The van der Waals surface area contributed by atoms with Crippen LogP contribution in [-0.4, -0.2) is 107 Å². The molecule has 48 heavy (non-hydrogen) atoms. The van der Waals surface area contributed by atoms with Gasteiger partial charge in [-0.25, -0.2) is 4.57 Å². The Hall–Kier alpha value is -1.75. The highest BCUT2D eigenvalue weighted by atomic mass is 31.2. The highest BCUT2D eigenvalue weighted by Gasteiger charge is 2.46. The Morgan fingerprint density at radius 3 is 1.94 bits per heavy atom. The molecule has 0 aliphatic carbocycles. The monoisotopic (exact) mass is 768 g/mol. The summed E-state index contributed by atoms with van der Waals surface area (Å²) in [4.78, 5) is 98.4. The van der Waals surface area contributed by atoms with Crippen LogP contribution in [0.2, 0.25) is 0 Å². The molecule has 0 saturated carbocycles. The van der Waals surface area contributed by atoms with E-state index in [1.165, 1.54) is 6.92 Å². The van der Waals surface area contributed by atoms with Gasteiger partial charge in [0.1, 0.15) is 33.0 Å². The average Bonchev–Trinajstić information content (AvgIpc) is 2.94. The first-order chi connectivity index (χ1) is 20.8. The minimum atomic E-state index is -5.89. The zero-order chi connectivity index (χ0) is 34.7. The molecule has 1 amide bonds. The average molecular weight is 769 g/mol. The van der Waals surface area contributed by atoms with Gasteiger partial charge in [0, 0.05) is 32.2 Å². The summed E-state index contributed by atoms with van der Waals surface area (Å²) in [6, 6.07) is 0. The Bertz CT molecular complexity index is 1080. The van der Waals surface area contributed by atoms with Crippen molar-refractivity contribution in [2.75, 3.05) is 52.8 Å². The van der Waals surface area contributed by atoms with Crippen molar-refractivity contribution in [2.45, 2.75) is 63.6 Å². The molecule has 0 heterocycles. The van der Waals surface area contributed by atoms with E-state index in [4.69, 9.17) is 33.3 Å². The van der Waals surface area contributed by atoms with Crippen molar-refractivity contribution in [1.29, 1.82) is 0 Å². The summed E-state index contributed by atoms with van der Waals surface area (Å²) >= 11 is 0. The number of nitrogens with one attached hydrogen (secondary N) is 1. The summed E-state index contributed by atoms with van der Waals surface area (Å²) in [5.41, 5.74) is 0. The van der Waals surface area contributed by atoms with E-state index < -0.39 is 84.7 Å². The Morgan fingerprint density at radius 2 is 1.42 bits per heavy atom. The Balaban J connectivity index is -0.00000323. The molecule has 23 nitrogen and oxygen atoms in total. The van der Waals surface area contributed by atoms with Crippen molar-refractivity contribution in [1.82, 2.24) is 23.8 Å². The van der Waals surface area contributed by atoms with Crippen LogP contribution in [0.4, 0.5) is 0 Å². The number of carbonyl (C=O) groups excluding carboxylic acids is 4. The lowest BCUT2D eigenvalue weighted by Crippen LogP contribution is -2.38. The first-order valence-corrected chi connectivity index (χ1v) is 18.2. The number of Topliss-reactive ketones (excluding diaryl/α,β-unsaturated/α-hetero) is 1. The third-order valence-electron chi connectivity index (χ3n) is 5.40. The second-order valence-corrected chi connectivity index (χ2v) is 14.5. The maximum Gasteiger partial charge on any atom is 0.426 e. The van der Waals surface area contributed by atoms with E-state index in [0.717, 1.165) is 0 Å². The predicted octanol–water partition coefficient (Wildman–Crippen LogP) is -1.79. The van der Waals surface area contributed by atoms with Gasteiger partial charge in [0.05, 0.1) is 13.2 Å². The molecule has 0 aromatic rings. The fourth-order valence-electron chi connectivity index (χ4n) is 2.95. The first-order valence-electron chi connectivity index (χ1n) is 13.5. The summed E-state index contributed by atoms with van der Waals surface area (Å²) < 4.78 is 62.3. The molecule has 4 atom stereocenters. The Morgan fingerprint density at radius 1 is 0.875 bits per heavy atom. The van der Waals surface area contributed by atoms with Crippen molar-refractivity contribution in [3.8, 4) is 0 Å². The lowest BCUT2D eigenvalue weighted by Gasteiger charge is -2.42. The van der Waals surface area contributed by atoms with Crippen LogP contribution < -0.4 is 38.4 Å². The summed E-state index contributed by atoms with van der Waals surface area (Å²) in [5, 5.41) is 8.06. The summed E-state index contributed by atoms with van der Waals surface area (Å²) in [7, 11) is -16.5. The molecule has 0 radical (unpaired) electrons. The number of hydrogen-bond acceptors (Lipinski definition) is 17. The molecule has 4 unspecified atom stereocenters. The van der Waals surface area contributed by atoms with E-state index in [-0.39, 0.29) is 82.9 Å². The van der Waals surface area contributed by atoms with Gasteiger partial charge < -0.3 is 85.9 Å². The summed E-state index contributed by atoms with van der Waals surface area (Å²) in [6.07, 6.45) is -2.69. The number of amides is 1. The van der Waals surface area contributed by atoms with Crippen molar-refractivity contribution in [2.24, 2.45) is 0 Å². The lowest BCUT2D eigenvalue weighted by molar-refractivity contribution is -0.246. The van der Waals surface area contributed by atoms with Gasteiger partial charge in [-0.15, -0.1) is 0 Å². The summed E-state index contributed by atoms with van der Waals surface area (Å²) in [6.45, 7) is 0.385. The van der Waals surface area contributed by atoms with E-state index in [9.17, 15) is 52.7 Å². The second-order valence-electron chi connectivity index (χ2n) is 9.15. The van der Waals surface area contributed by atoms with E-state index in [0.29, 0.717) is 0 Å². The van der Waals surface area contributed by atoms with Crippen molar-refractivity contribution >= 4 is 46.6 Å². The molecule has 0 aliphatic heterocycles. The third-order valence-corrected chi connectivity index (χ3v) is 10.2. The standard InChI is InChI=1S/C22H42NO19P3.3H3N/c1-3-20(26)39-14-18(42-21(27)4-2)15-41-45(35,36)40-10-5-7-17(24)13-37-11-12-38-16-19(25)23-9-6-8-22(28,43(29,30)31)44(32,33)34;;;/h18,28H,3-16H2,1-2H3,(H,23,25)(H,35,36)(H2,29,30,31)(H2,32,33,34);3*1H3. The number of ketones is 1. The molecule has 0 bridgehead atoms. The van der Waals surface area contributed by atoms with Crippen LogP contribution in [0, 0.1) is 0 Å². The number of aliphatic hydroxyl groups is 2. The fourth-order valence-corrected chi connectivity index (χ4v) is 5.93. The highest BCUT2D eigenvalue weighted by Crippen LogP contribution is 2.65. The van der Waals surface area contributed by atoms with Crippen LogP contribution in [-0.2, 0) is 56.3 Å². The molecule has 0 spiro atoms. The van der Waals surface area contributed by atoms with Crippen molar-refractivity contribution in [3.63, 3.8) is 0 Å². The molecule has 0 fully saturated rings. The van der Waals surface area contributed by atoms with E-state index in [2.05, 4.69) is 9.84 Å². The number of rotatable bonds is 26. The number of hydrogen-bond donors (Lipinski definition) is 7. The van der Waals surface area contributed by atoms with Gasteiger partial charge in [0.15, 0.2) is 32.2 Å². The van der Waals surface area contributed by atoms with E-state index >= 15 is 0 Å². The van der Waals surface area contributed by atoms with Crippen LogP contribution in [0.3, 0.4) is 0 Å². The maximum absolute atomic E-state index is 12.0. The molecule has 26 heteroatoms. The minimum absolute atomic E-state index is 0. The van der Waals surface area contributed by atoms with Crippen LogP contribution in [0.15, 0.2) is 0 Å². The minimum Gasteiger partial charge on any atom is -0.776 e. The smallest absolute Gasteiger partial charge is 0.426 e. The normalized spacial score (nSPS) is 16.4. The van der Waals surface area contributed by atoms with Crippen LogP contribution in [0.25, 0.3) is 0 Å². The Kier molecular flexibility index (Phi) is 28.9. The molecule has 0 aliphatic rings. The Labute approximate surface area is 277 Å². The molecule has 288 valence electrons. The molecular weight excluding hydrogens is 717 g/mol. The molecule has 0 saturated heterocycles. The van der Waals surface area contributed by atoms with Crippen LogP contribution in [0.1, 0.15) is 52.4 Å². The first kappa shape index (κ1) is 53.1. The zero-order valence-corrected chi connectivity index (χ0v) is 30.1. The quantitative estimate of drug-likeness (QED) is 0.0221. The van der Waals surface area contributed by atoms with Crippen molar-refractivity contribution in [3.05, 3.63) is 0 Å². The maximum atomic E-state index is 12.0. The lowest BCUT2D eigenvalue weighted by atomic mass is 10.2. The zero-order valence-electron chi connectivity index (χ0n) is 27.4. The number of esters is 2. The predicted molar refractivity (Wildman–Crippen MR) is 162 cm³/mol. The van der Waals surface area contributed by atoms with Crippen LogP contribution in [0.5, 0.6) is 0 Å². The molecule has 0 aromatic heterocycles. The number of quaternary nitrogens is 2. The van der Waals surface area contributed by atoms with Gasteiger partial charge in [-0.3, -0.25) is 23.7 Å². The largest absolute Gasteiger partial charge is 0.776 e.